The maximum atomic E-state index is 12.5. The number of carbonyl (C=O) groups excluding carboxylic acids is 1. The fourth-order valence-corrected chi connectivity index (χ4v) is 5.72. The van der Waals surface area contributed by atoms with Crippen LogP contribution in [0, 0.1) is 13.8 Å². The van der Waals surface area contributed by atoms with Crippen LogP contribution in [-0.2, 0) is 11.3 Å². The zero-order chi connectivity index (χ0) is 26.1. The van der Waals surface area contributed by atoms with E-state index in [1.54, 1.807) is 36.4 Å². The number of nitrogens with one attached hydrogen (secondary N) is 2. The van der Waals surface area contributed by atoms with E-state index >= 15 is 0 Å². The molecule has 5 rings (SSSR count). The molecule has 1 aliphatic heterocycles. The normalized spacial score (nSPS) is 21.3. The minimum absolute atomic E-state index is 0.319. The number of hydrogen-bond acceptors (Lipinski definition) is 10. The summed E-state index contributed by atoms with van der Waals surface area (Å²) in [4.78, 5) is 35.2. The first kappa shape index (κ1) is 25.1. The van der Waals surface area contributed by atoms with E-state index in [0.717, 1.165) is 22.4 Å². The topological polar surface area (TPSA) is 151 Å². The zero-order valence-corrected chi connectivity index (χ0v) is 21.5. The summed E-state index contributed by atoms with van der Waals surface area (Å²) in [6, 6.07) is 5.86. The number of thioether (sulfide) groups is 1. The van der Waals surface area contributed by atoms with E-state index in [2.05, 4.69) is 25.6 Å². The molecule has 0 aliphatic carbocycles. The summed E-state index contributed by atoms with van der Waals surface area (Å²) in [7, 11) is 0. The number of aliphatic hydroxyl groups is 2. The number of aliphatic hydroxyl groups excluding tert-OH is 2. The molecule has 4 atom stereocenters. The van der Waals surface area contributed by atoms with Crippen molar-refractivity contribution in [3.63, 3.8) is 0 Å². The Morgan fingerprint density at radius 1 is 1.11 bits per heavy atom. The second kappa shape index (κ2) is 10.4. The zero-order valence-electron chi connectivity index (χ0n) is 20.7. The van der Waals surface area contributed by atoms with Gasteiger partial charge in [-0.1, -0.05) is 0 Å². The molecule has 0 saturated carbocycles. The summed E-state index contributed by atoms with van der Waals surface area (Å²) in [5.41, 5.74) is 4.60. The maximum Gasteiger partial charge on any atom is 0.235 e. The lowest BCUT2D eigenvalue weighted by molar-refractivity contribution is -0.123. The Balaban J connectivity index is 1.56. The summed E-state index contributed by atoms with van der Waals surface area (Å²) in [5.74, 6) is 0.616. The first-order valence-electron chi connectivity index (χ1n) is 12.0. The Morgan fingerprint density at radius 2 is 1.95 bits per heavy atom. The van der Waals surface area contributed by atoms with Crippen LogP contribution in [0.5, 0.6) is 0 Å². The lowest BCUT2D eigenvalue weighted by atomic mass is 10.1. The number of pyridine rings is 2. The largest absolute Gasteiger partial charge is 0.389 e. The molecule has 1 aliphatic rings. The van der Waals surface area contributed by atoms with E-state index in [9.17, 15) is 15.0 Å². The van der Waals surface area contributed by atoms with Crippen molar-refractivity contribution >= 4 is 34.7 Å². The number of anilines is 1. The van der Waals surface area contributed by atoms with Crippen LogP contribution in [0.2, 0.25) is 0 Å². The third kappa shape index (κ3) is 4.99. The van der Waals surface area contributed by atoms with Crippen molar-refractivity contribution < 1.29 is 15.0 Å². The number of amides is 1. The predicted octanol–water partition coefficient (Wildman–Crippen LogP) is 1.98. The minimum Gasteiger partial charge on any atom is -0.389 e. The minimum atomic E-state index is -1.23. The van der Waals surface area contributed by atoms with Crippen molar-refractivity contribution in [2.45, 2.75) is 50.1 Å². The summed E-state index contributed by atoms with van der Waals surface area (Å²) >= 11 is 1.18. The highest BCUT2D eigenvalue weighted by Crippen LogP contribution is 2.43. The number of carbonyl (C=O) groups is 1. The first-order valence-corrected chi connectivity index (χ1v) is 12.9. The summed E-state index contributed by atoms with van der Waals surface area (Å²) < 4.78 is 1.69. The van der Waals surface area contributed by atoms with Gasteiger partial charge in [0.2, 0.25) is 5.91 Å². The second-order valence-corrected chi connectivity index (χ2v) is 10.2. The molecule has 4 aromatic rings. The molecule has 4 aromatic heterocycles. The van der Waals surface area contributed by atoms with Gasteiger partial charge in [0.1, 0.15) is 22.8 Å². The van der Waals surface area contributed by atoms with Crippen LogP contribution in [0.15, 0.2) is 43.1 Å². The second-order valence-electron chi connectivity index (χ2n) is 8.97. The number of imidazole rings is 1. The molecule has 0 bridgehead atoms. The van der Waals surface area contributed by atoms with Gasteiger partial charge in [0.05, 0.1) is 18.6 Å². The van der Waals surface area contributed by atoms with Crippen LogP contribution >= 0.6 is 11.8 Å². The smallest absolute Gasteiger partial charge is 0.235 e. The molecule has 0 aromatic carbocycles. The van der Waals surface area contributed by atoms with Gasteiger partial charge >= 0.3 is 0 Å². The highest BCUT2D eigenvalue weighted by molar-refractivity contribution is 8.01. The third-order valence-corrected chi connectivity index (χ3v) is 7.66. The highest BCUT2D eigenvalue weighted by Gasteiger charge is 2.47. The summed E-state index contributed by atoms with van der Waals surface area (Å²) in [6.07, 6.45) is 4.34. The van der Waals surface area contributed by atoms with E-state index in [-0.39, 0.29) is 5.91 Å². The van der Waals surface area contributed by atoms with Crippen LogP contribution in [0.1, 0.15) is 29.1 Å². The Hall–Kier alpha value is -3.61. The fourth-order valence-electron chi connectivity index (χ4n) is 4.28. The number of aromatic nitrogens is 6. The lowest BCUT2D eigenvalue weighted by Crippen LogP contribution is -2.41. The van der Waals surface area contributed by atoms with E-state index in [1.165, 1.54) is 11.8 Å². The van der Waals surface area contributed by atoms with Crippen molar-refractivity contribution in [1.29, 1.82) is 0 Å². The summed E-state index contributed by atoms with van der Waals surface area (Å²) in [6.45, 7) is 6.61. The number of aryl methyl sites for hydroxylation is 2. The molecular formula is C25H28N8O3S. The van der Waals surface area contributed by atoms with Crippen LogP contribution < -0.4 is 10.6 Å². The molecule has 4 N–H and O–H groups in total. The average Bonchev–Trinajstić information content (AvgIpc) is 3.43. The quantitative estimate of drug-likeness (QED) is 0.285. The molecule has 1 saturated heterocycles. The van der Waals surface area contributed by atoms with Crippen molar-refractivity contribution in [1.82, 2.24) is 34.8 Å². The first-order chi connectivity index (χ1) is 17.9. The fraction of sp³-hybridized carbons (Fsp3) is 0.360. The Bertz CT molecular complexity index is 1440. The molecule has 0 unspecified atom stereocenters. The van der Waals surface area contributed by atoms with Gasteiger partial charge in [0.25, 0.3) is 0 Å². The molecule has 1 fully saturated rings. The average molecular weight is 521 g/mol. The van der Waals surface area contributed by atoms with E-state index in [4.69, 9.17) is 9.97 Å². The van der Waals surface area contributed by atoms with Crippen LogP contribution in [0.4, 0.5) is 5.82 Å². The van der Waals surface area contributed by atoms with Gasteiger partial charge in [-0.25, -0.2) is 15.0 Å². The molecule has 37 heavy (non-hydrogen) atoms. The van der Waals surface area contributed by atoms with Crippen molar-refractivity contribution in [3.8, 4) is 11.4 Å². The molecular weight excluding hydrogens is 492 g/mol. The molecule has 5 heterocycles. The predicted molar refractivity (Wildman–Crippen MR) is 141 cm³/mol. The molecule has 12 heteroatoms. The molecule has 1 amide bonds. The Morgan fingerprint density at radius 3 is 2.70 bits per heavy atom. The third-order valence-electron chi connectivity index (χ3n) is 6.09. The van der Waals surface area contributed by atoms with Crippen molar-refractivity contribution in [2.75, 3.05) is 11.9 Å². The van der Waals surface area contributed by atoms with Crippen LogP contribution in [0.25, 0.3) is 22.6 Å². The highest BCUT2D eigenvalue weighted by atomic mass is 32.2. The Kier molecular flexibility index (Phi) is 7.04. The van der Waals surface area contributed by atoms with E-state index in [1.807, 2.05) is 32.0 Å². The monoisotopic (exact) mass is 520 g/mol. The van der Waals surface area contributed by atoms with Crippen LogP contribution in [-0.4, -0.2) is 69.6 Å². The van der Waals surface area contributed by atoms with E-state index in [0.29, 0.717) is 35.9 Å². The van der Waals surface area contributed by atoms with Gasteiger partial charge in [-0.3, -0.25) is 19.3 Å². The maximum absolute atomic E-state index is 12.5. The number of fused-ring (bicyclic) bond motifs is 1. The van der Waals surface area contributed by atoms with Gasteiger partial charge in [-0.05, 0) is 50.1 Å². The Labute approximate surface area is 217 Å². The summed E-state index contributed by atoms with van der Waals surface area (Å²) in [5, 5.41) is 26.1. The van der Waals surface area contributed by atoms with Gasteiger partial charge in [-0.2, -0.15) is 0 Å². The number of rotatable bonds is 7. The van der Waals surface area contributed by atoms with Crippen molar-refractivity contribution in [2.24, 2.45) is 0 Å². The molecule has 0 radical (unpaired) electrons. The van der Waals surface area contributed by atoms with Gasteiger partial charge in [0.15, 0.2) is 22.8 Å². The SMILES string of the molecule is CCNC(=O)[C@H]1S[C@@H](n2cnc3c(NCc4cc(C)ccn4)nc(-c4cncc(C)c4)nc32)[C@H](O)[C@@H]1O. The molecule has 0 spiro atoms. The van der Waals surface area contributed by atoms with E-state index < -0.39 is 22.8 Å². The molecule has 192 valence electrons. The van der Waals surface area contributed by atoms with Crippen molar-refractivity contribution in [3.05, 3.63) is 59.9 Å². The standard InChI is InChI=1S/C25H28N8O3S/c1-4-27-24(36)20-18(34)19(35)25(37-20)33-12-30-17-22(29-11-16-8-13(2)5-6-28-16)31-21(32-23(17)33)15-7-14(3)9-26-10-15/h5-10,12,18-20,25,34-35H,4,11H2,1-3H3,(H,27,36)(H,29,31,32)/t18-,19+,20-,25+/m0/s1. The van der Waals surface area contributed by atoms with Gasteiger partial charge in [-0.15, -0.1) is 11.8 Å². The van der Waals surface area contributed by atoms with Crippen LogP contribution in [0.3, 0.4) is 0 Å². The number of nitrogens with zero attached hydrogens (tertiary/aromatic N) is 6. The molecule has 11 nitrogen and oxygen atoms in total. The number of hydrogen-bond donors (Lipinski definition) is 4. The van der Waals surface area contributed by atoms with Gasteiger partial charge in [0, 0.05) is 30.7 Å². The lowest BCUT2D eigenvalue weighted by Gasteiger charge is -2.17. The van der Waals surface area contributed by atoms with Gasteiger partial charge < -0.3 is 20.8 Å².